The number of nitrogens with zero attached hydrogens (tertiary/aromatic N) is 4. The van der Waals surface area contributed by atoms with Crippen LogP contribution in [0.25, 0.3) is 11.4 Å². The Kier molecular flexibility index (Phi) is 4.85. The largest absolute Gasteiger partial charge is 0.360 e. The lowest BCUT2D eigenvalue weighted by molar-refractivity contribution is -0.150. The number of imide groups is 2. The van der Waals surface area contributed by atoms with E-state index in [2.05, 4.69) is 14.7 Å². The maximum Gasteiger partial charge on any atom is 0.278 e. The van der Waals surface area contributed by atoms with Crippen molar-refractivity contribution in [2.75, 3.05) is 6.54 Å². The van der Waals surface area contributed by atoms with Gasteiger partial charge in [0.1, 0.15) is 16.7 Å². The number of carbonyl (C=O) groups is 4. The van der Waals surface area contributed by atoms with Crippen LogP contribution >= 0.6 is 11.5 Å². The van der Waals surface area contributed by atoms with Gasteiger partial charge in [-0.2, -0.15) is 4.37 Å². The van der Waals surface area contributed by atoms with Crippen LogP contribution in [0, 0.1) is 0 Å². The number of amides is 4. The fourth-order valence-electron chi connectivity index (χ4n) is 4.25. The van der Waals surface area contributed by atoms with Gasteiger partial charge in [-0.25, -0.2) is 4.98 Å². The van der Waals surface area contributed by atoms with E-state index in [0.717, 1.165) is 21.9 Å². The topological polar surface area (TPSA) is 113 Å². The first-order chi connectivity index (χ1) is 15.0. The molecule has 0 saturated carbocycles. The number of rotatable bonds is 4. The Morgan fingerprint density at radius 2 is 1.87 bits per heavy atom. The number of hydrogen-bond donors (Lipinski definition) is 1. The Hall–Kier alpha value is -3.40. The average molecular weight is 437 g/mol. The molecule has 9 nitrogen and oxygen atoms in total. The van der Waals surface area contributed by atoms with Crippen molar-refractivity contribution in [3.63, 3.8) is 0 Å². The van der Waals surface area contributed by atoms with Crippen molar-refractivity contribution in [3.8, 4) is 11.4 Å². The van der Waals surface area contributed by atoms with E-state index < -0.39 is 23.8 Å². The molecule has 0 radical (unpaired) electrons. The second-order valence-corrected chi connectivity index (χ2v) is 8.51. The number of benzene rings is 1. The third-order valence-electron chi connectivity index (χ3n) is 5.70. The van der Waals surface area contributed by atoms with Gasteiger partial charge >= 0.3 is 0 Å². The number of hydrogen-bond acceptors (Lipinski definition) is 8. The number of aromatic nitrogens is 2. The molecule has 1 unspecified atom stereocenters. The molecule has 1 aromatic carbocycles. The highest BCUT2D eigenvalue weighted by molar-refractivity contribution is 7.05. The molecular weight excluding hydrogens is 418 g/mol. The fraction of sp³-hybridized carbons (Fsp3) is 0.333. The summed E-state index contributed by atoms with van der Waals surface area (Å²) < 4.78 is 4.42. The van der Waals surface area contributed by atoms with Crippen LogP contribution in [0.3, 0.4) is 0 Å². The standard InChI is InChI=1S/C21H19N5O4S/c27-15-9-8-14(19(28)22-15)26-20(29)13-7-4-10-25(17(13)21(26)30)11-16-23-18(24-31-16)12-5-2-1-3-6-12/h1-3,5-6,14H,4,7-11H2,(H,22,27,28). The third kappa shape index (κ3) is 3.42. The van der Waals surface area contributed by atoms with Crippen molar-refractivity contribution in [3.05, 3.63) is 46.6 Å². The first kappa shape index (κ1) is 19.6. The van der Waals surface area contributed by atoms with E-state index in [9.17, 15) is 19.2 Å². The van der Waals surface area contributed by atoms with Gasteiger partial charge in [0, 0.05) is 24.1 Å². The molecule has 1 atom stereocenters. The van der Waals surface area contributed by atoms with Gasteiger partial charge in [-0.1, -0.05) is 30.3 Å². The van der Waals surface area contributed by atoms with E-state index in [1.165, 1.54) is 11.5 Å². The molecule has 2 aromatic rings. The van der Waals surface area contributed by atoms with Crippen LogP contribution in [0.5, 0.6) is 0 Å². The summed E-state index contributed by atoms with van der Waals surface area (Å²) in [5, 5.41) is 2.97. The Morgan fingerprint density at radius 3 is 2.65 bits per heavy atom. The first-order valence-corrected chi connectivity index (χ1v) is 10.9. The molecule has 3 aliphatic heterocycles. The van der Waals surface area contributed by atoms with Gasteiger partial charge in [0.05, 0.1) is 6.54 Å². The maximum atomic E-state index is 13.2. The Morgan fingerprint density at radius 1 is 1.06 bits per heavy atom. The van der Waals surface area contributed by atoms with Crippen LogP contribution in [-0.4, -0.2) is 55.4 Å². The van der Waals surface area contributed by atoms with Crippen molar-refractivity contribution < 1.29 is 19.2 Å². The fourth-order valence-corrected chi connectivity index (χ4v) is 4.93. The minimum absolute atomic E-state index is 0.106. The van der Waals surface area contributed by atoms with Crippen molar-refractivity contribution in [2.45, 2.75) is 38.3 Å². The predicted molar refractivity (Wildman–Crippen MR) is 110 cm³/mol. The van der Waals surface area contributed by atoms with Crippen molar-refractivity contribution in [1.82, 2.24) is 24.5 Å². The summed E-state index contributed by atoms with van der Waals surface area (Å²) in [5.41, 5.74) is 1.70. The van der Waals surface area contributed by atoms with Crippen LogP contribution in [0.2, 0.25) is 0 Å². The molecule has 1 saturated heterocycles. The molecule has 31 heavy (non-hydrogen) atoms. The lowest BCUT2D eigenvalue weighted by atomic mass is 10.0. The zero-order valence-corrected chi connectivity index (χ0v) is 17.4. The summed E-state index contributed by atoms with van der Waals surface area (Å²) in [6, 6.07) is 8.69. The average Bonchev–Trinajstić information content (AvgIpc) is 3.33. The molecule has 4 heterocycles. The van der Waals surface area contributed by atoms with E-state index in [4.69, 9.17) is 0 Å². The van der Waals surface area contributed by atoms with E-state index in [-0.39, 0.29) is 18.7 Å². The molecule has 0 aliphatic carbocycles. The smallest absolute Gasteiger partial charge is 0.278 e. The van der Waals surface area contributed by atoms with Gasteiger partial charge in [0.25, 0.3) is 11.8 Å². The molecule has 1 N–H and O–H groups in total. The van der Waals surface area contributed by atoms with Gasteiger partial charge in [0.15, 0.2) is 5.82 Å². The molecule has 0 bridgehead atoms. The Bertz CT molecular complexity index is 1130. The second kappa shape index (κ2) is 7.69. The number of piperidine rings is 1. The monoisotopic (exact) mass is 437 g/mol. The Balaban J connectivity index is 1.38. The summed E-state index contributed by atoms with van der Waals surface area (Å²) in [7, 11) is 0. The highest BCUT2D eigenvalue weighted by Crippen LogP contribution is 2.35. The molecule has 1 aromatic heterocycles. The zero-order chi connectivity index (χ0) is 21.5. The van der Waals surface area contributed by atoms with Crippen molar-refractivity contribution in [2.24, 2.45) is 0 Å². The molecule has 3 aliphatic rings. The summed E-state index contributed by atoms with van der Waals surface area (Å²) in [6.45, 7) is 0.979. The molecule has 10 heteroatoms. The first-order valence-electron chi connectivity index (χ1n) is 10.1. The van der Waals surface area contributed by atoms with Crippen LogP contribution in [0.4, 0.5) is 0 Å². The summed E-state index contributed by atoms with van der Waals surface area (Å²) >= 11 is 1.27. The van der Waals surface area contributed by atoms with Crippen LogP contribution in [-0.2, 0) is 25.7 Å². The van der Waals surface area contributed by atoms with E-state index in [1.54, 1.807) is 0 Å². The lowest BCUT2D eigenvalue weighted by Crippen LogP contribution is -2.55. The molecule has 0 spiro atoms. The summed E-state index contributed by atoms with van der Waals surface area (Å²) in [6.07, 6.45) is 1.48. The zero-order valence-electron chi connectivity index (χ0n) is 16.5. The van der Waals surface area contributed by atoms with Gasteiger partial charge < -0.3 is 4.90 Å². The van der Waals surface area contributed by atoms with E-state index in [1.807, 2.05) is 35.2 Å². The van der Waals surface area contributed by atoms with Gasteiger partial charge in [-0.15, -0.1) is 0 Å². The predicted octanol–water partition coefficient (Wildman–Crippen LogP) is 1.23. The van der Waals surface area contributed by atoms with E-state index in [0.29, 0.717) is 36.6 Å². The second-order valence-electron chi connectivity index (χ2n) is 7.68. The highest BCUT2D eigenvalue weighted by atomic mass is 32.1. The highest BCUT2D eigenvalue weighted by Gasteiger charge is 2.48. The van der Waals surface area contributed by atoms with Gasteiger partial charge in [-0.3, -0.25) is 29.4 Å². The SMILES string of the molecule is O=C1CCC(N2C(=O)C3=C(C2=O)N(Cc2nc(-c4ccccc4)ns2)CCC3)C(=O)N1. The minimum Gasteiger partial charge on any atom is -0.360 e. The van der Waals surface area contributed by atoms with E-state index >= 15 is 0 Å². The minimum atomic E-state index is -0.948. The molecule has 1 fully saturated rings. The quantitative estimate of drug-likeness (QED) is 0.716. The molecule has 5 rings (SSSR count). The Labute approximate surface area is 181 Å². The lowest BCUT2D eigenvalue weighted by Gasteiger charge is -2.30. The number of nitrogens with one attached hydrogen (secondary N) is 1. The summed E-state index contributed by atoms with van der Waals surface area (Å²) in [4.78, 5) is 57.4. The van der Waals surface area contributed by atoms with Crippen molar-refractivity contribution >= 4 is 35.2 Å². The normalized spacial score (nSPS) is 21.6. The number of carbonyl (C=O) groups excluding carboxylic acids is 4. The van der Waals surface area contributed by atoms with Crippen molar-refractivity contribution in [1.29, 1.82) is 0 Å². The van der Waals surface area contributed by atoms with Gasteiger partial charge in [0.2, 0.25) is 11.8 Å². The van der Waals surface area contributed by atoms with Crippen LogP contribution < -0.4 is 5.32 Å². The maximum absolute atomic E-state index is 13.2. The molecule has 158 valence electrons. The van der Waals surface area contributed by atoms with Crippen LogP contribution in [0.15, 0.2) is 41.6 Å². The third-order valence-corrected chi connectivity index (χ3v) is 6.40. The molecule has 4 amide bonds. The molecular formula is C21H19N5O4S. The van der Waals surface area contributed by atoms with Gasteiger partial charge in [-0.05, 0) is 30.8 Å². The summed E-state index contributed by atoms with van der Waals surface area (Å²) in [5.74, 6) is -1.25. The van der Waals surface area contributed by atoms with Crippen LogP contribution in [0.1, 0.15) is 30.7 Å².